The van der Waals surface area contributed by atoms with E-state index in [2.05, 4.69) is 0 Å². The van der Waals surface area contributed by atoms with Crippen LogP contribution < -0.4 is 5.73 Å². The Bertz CT molecular complexity index is 258. The highest BCUT2D eigenvalue weighted by Gasteiger charge is 2.04. The van der Waals surface area contributed by atoms with Gasteiger partial charge < -0.3 is 15.9 Å². The molecule has 1 unspecified atom stereocenters. The van der Waals surface area contributed by atoms with Crippen molar-refractivity contribution >= 4 is 5.69 Å². The molecule has 0 amide bonds. The zero-order valence-electron chi connectivity index (χ0n) is 6.28. The van der Waals surface area contributed by atoms with Crippen LogP contribution in [0.2, 0.25) is 0 Å². The molecule has 1 atom stereocenters. The molecular weight excluding hydrogens is 142 g/mol. The molecule has 11 heavy (non-hydrogen) atoms. The highest BCUT2D eigenvalue weighted by Crippen LogP contribution is 2.23. The summed E-state index contributed by atoms with van der Waals surface area (Å²) in [6.45, 7) is 1.63. The van der Waals surface area contributed by atoms with Gasteiger partial charge in [-0.25, -0.2) is 0 Å². The first-order valence-electron chi connectivity index (χ1n) is 3.37. The lowest BCUT2D eigenvalue weighted by Crippen LogP contribution is -1.97. The number of benzene rings is 1. The second-order valence-electron chi connectivity index (χ2n) is 2.49. The third-order valence-corrected chi connectivity index (χ3v) is 1.52. The van der Waals surface area contributed by atoms with Crippen molar-refractivity contribution in [2.45, 2.75) is 13.0 Å². The average Bonchev–Trinajstić information content (AvgIpc) is 1.85. The highest BCUT2D eigenvalue weighted by atomic mass is 16.3. The van der Waals surface area contributed by atoms with E-state index in [1.165, 1.54) is 12.1 Å². The zero-order valence-corrected chi connectivity index (χ0v) is 6.28. The Morgan fingerprint density at radius 1 is 1.45 bits per heavy atom. The number of nitrogens with two attached hydrogens (primary N) is 1. The number of aromatic hydroxyl groups is 1. The second-order valence-corrected chi connectivity index (χ2v) is 2.49. The van der Waals surface area contributed by atoms with Crippen molar-refractivity contribution in [1.82, 2.24) is 0 Å². The van der Waals surface area contributed by atoms with E-state index < -0.39 is 6.10 Å². The first-order chi connectivity index (χ1) is 5.11. The van der Waals surface area contributed by atoms with Gasteiger partial charge in [0.2, 0.25) is 0 Å². The van der Waals surface area contributed by atoms with E-state index in [-0.39, 0.29) is 5.75 Å². The van der Waals surface area contributed by atoms with Crippen LogP contribution >= 0.6 is 0 Å². The minimum absolute atomic E-state index is 0.118. The lowest BCUT2D eigenvalue weighted by Gasteiger charge is -2.07. The first kappa shape index (κ1) is 7.88. The Morgan fingerprint density at radius 2 is 2.09 bits per heavy atom. The second kappa shape index (κ2) is 2.80. The van der Waals surface area contributed by atoms with Crippen molar-refractivity contribution in [2.75, 3.05) is 5.73 Å². The Morgan fingerprint density at radius 3 is 2.55 bits per heavy atom. The predicted octanol–water partition coefficient (Wildman–Crippen LogP) is 1.03. The Kier molecular flexibility index (Phi) is 2.01. The number of rotatable bonds is 1. The molecule has 0 bridgehead atoms. The van der Waals surface area contributed by atoms with Gasteiger partial charge in [0.05, 0.1) is 6.10 Å². The predicted molar refractivity (Wildman–Crippen MR) is 43.2 cm³/mol. The Balaban J connectivity index is 3.09. The summed E-state index contributed by atoms with van der Waals surface area (Å²) in [5, 5.41) is 18.1. The number of anilines is 1. The monoisotopic (exact) mass is 153 g/mol. The van der Waals surface area contributed by atoms with Gasteiger partial charge in [-0.2, -0.15) is 0 Å². The smallest absolute Gasteiger partial charge is 0.117 e. The fourth-order valence-corrected chi connectivity index (χ4v) is 0.943. The van der Waals surface area contributed by atoms with Crippen LogP contribution in [0.4, 0.5) is 5.69 Å². The molecule has 3 nitrogen and oxygen atoms in total. The van der Waals surface area contributed by atoms with E-state index in [1.807, 2.05) is 0 Å². The first-order valence-corrected chi connectivity index (χ1v) is 3.37. The van der Waals surface area contributed by atoms with E-state index in [0.717, 1.165) is 0 Å². The summed E-state index contributed by atoms with van der Waals surface area (Å²) in [5.74, 6) is 0.118. The van der Waals surface area contributed by atoms with Crippen LogP contribution in [-0.4, -0.2) is 10.2 Å². The molecule has 0 saturated carbocycles. The quantitative estimate of drug-likeness (QED) is 0.528. The normalized spacial score (nSPS) is 12.9. The summed E-state index contributed by atoms with van der Waals surface area (Å²) in [5.41, 5.74) is 6.56. The Hall–Kier alpha value is -1.22. The van der Waals surface area contributed by atoms with E-state index >= 15 is 0 Å². The molecule has 1 rings (SSSR count). The molecule has 0 spiro atoms. The van der Waals surface area contributed by atoms with Crippen LogP contribution in [0.1, 0.15) is 18.6 Å². The molecule has 0 radical (unpaired) electrons. The molecule has 3 heteroatoms. The van der Waals surface area contributed by atoms with Crippen LogP contribution in [0.5, 0.6) is 5.75 Å². The number of aliphatic hydroxyl groups excluding tert-OH is 1. The van der Waals surface area contributed by atoms with Crippen molar-refractivity contribution in [3.05, 3.63) is 23.8 Å². The molecule has 0 aliphatic heterocycles. The summed E-state index contributed by atoms with van der Waals surface area (Å²) in [4.78, 5) is 0. The van der Waals surface area contributed by atoms with Gasteiger partial charge in [0.25, 0.3) is 0 Å². The van der Waals surface area contributed by atoms with Crippen LogP contribution in [-0.2, 0) is 0 Å². The molecule has 0 fully saturated rings. The van der Waals surface area contributed by atoms with Crippen LogP contribution in [0.15, 0.2) is 18.2 Å². The van der Waals surface area contributed by atoms with Gasteiger partial charge in [-0.3, -0.25) is 0 Å². The molecule has 0 aromatic heterocycles. The molecule has 1 aromatic carbocycles. The maximum Gasteiger partial charge on any atom is 0.117 e. The molecule has 4 N–H and O–H groups in total. The summed E-state index contributed by atoms with van der Waals surface area (Å²) in [6, 6.07) is 4.52. The van der Waals surface area contributed by atoms with Gasteiger partial charge in [-0.1, -0.05) is 6.07 Å². The number of hydrogen-bond donors (Lipinski definition) is 3. The molecule has 0 aliphatic rings. The standard InChI is InChI=1S/C8H11NO2/c1-5(10)7-3-2-6(11)4-8(7)9/h2-5,10-11H,9H2,1H3. The minimum atomic E-state index is -0.587. The number of nitrogen functional groups attached to an aromatic ring is 1. The minimum Gasteiger partial charge on any atom is -0.508 e. The van der Waals surface area contributed by atoms with E-state index in [1.54, 1.807) is 13.0 Å². The zero-order chi connectivity index (χ0) is 8.43. The molecule has 0 heterocycles. The average molecular weight is 153 g/mol. The van der Waals surface area contributed by atoms with Gasteiger partial charge in [0.15, 0.2) is 0 Å². The van der Waals surface area contributed by atoms with Crippen molar-refractivity contribution in [3.63, 3.8) is 0 Å². The van der Waals surface area contributed by atoms with Gasteiger partial charge in [-0.15, -0.1) is 0 Å². The number of hydrogen-bond acceptors (Lipinski definition) is 3. The van der Waals surface area contributed by atoms with E-state index in [4.69, 9.17) is 15.9 Å². The number of phenols is 1. The number of aliphatic hydroxyl groups is 1. The SMILES string of the molecule is CC(O)c1ccc(O)cc1N. The topological polar surface area (TPSA) is 66.5 Å². The van der Waals surface area contributed by atoms with Gasteiger partial charge in [0.1, 0.15) is 5.75 Å². The molecule has 1 aromatic rings. The summed E-state index contributed by atoms with van der Waals surface area (Å²) in [7, 11) is 0. The van der Waals surface area contributed by atoms with E-state index in [0.29, 0.717) is 11.3 Å². The van der Waals surface area contributed by atoms with Gasteiger partial charge in [-0.05, 0) is 13.0 Å². The molecular formula is C8H11NO2. The van der Waals surface area contributed by atoms with Crippen molar-refractivity contribution in [2.24, 2.45) is 0 Å². The van der Waals surface area contributed by atoms with Gasteiger partial charge >= 0.3 is 0 Å². The van der Waals surface area contributed by atoms with Crippen molar-refractivity contribution in [3.8, 4) is 5.75 Å². The van der Waals surface area contributed by atoms with E-state index in [9.17, 15) is 0 Å². The fourth-order valence-electron chi connectivity index (χ4n) is 0.943. The van der Waals surface area contributed by atoms with Crippen molar-refractivity contribution in [1.29, 1.82) is 0 Å². The molecule has 0 aliphatic carbocycles. The van der Waals surface area contributed by atoms with Crippen LogP contribution in [0.3, 0.4) is 0 Å². The summed E-state index contributed by atoms with van der Waals surface area (Å²) >= 11 is 0. The Labute approximate surface area is 65.1 Å². The third kappa shape index (κ3) is 1.62. The summed E-state index contributed by atoms with van der Waals surface area (Å²) in [6.07, 6.45) is -0.587. The summed E-state index contributed by atoms with van der Waals surface area (Å²) < 4.78 is 0. The largest absolute Gasteiger partial charge is 0.508 e. The number of phenolic OH excluding ortho intramolecular Hbond substituents is 1. The molecule has 0 saturated heterocycles. The lowest BCUT2D eigenvalue weighted by molar-refractivity contribution is 0.200. The highest BCUT2D eigenvalue weighted by molar-refractivity contribution is 5.51. The lowest BCUT2D eigenvalue weighted by atomic mass is 10.1. The van der Waals surface area contributed by atoms with Crippen LogP contribution in [0, 0.1) is 0 Å². The maximum absolute atomic E-state index is 9.13. The van der Waals surface area contributed by atoms with Crippen molar-refractivity contribution < 1.29 is 10.2 Å². The maximum atomic E-state index is 9.13. The third-order valence-electron chi connectivity index (χ3n) is 1.52. The molecule has 60 valence electrons. The van der Waals surface area contributed by atoms with Gasteiger partial charge in [0, 0.05) is 17.3 Å². The van der Waals surface area contributed by atoms with Crippen LogP contribution in [0.25, 0.3) is 0 Å². The fraction of sp³-hybridized carbons (Fsp3) is 0.250.